The van der Waals surface area contributed by atoms with Crippen LogP contribution in [-0.4, -0.2) is 40.2 Å². The number of H-pyrrole nitrogens is 1. The van der Waals surface area contributed by atoms with Gasteiger partial charge >= 0.3 is 0 Å². The topological polar surface area (TPSA) is 120 Å². The van der Waals surface area contributed by atoms with Gasteiger partial charge in [-0.25, -0.2) is 18.7 Å². The second-order valence-corrected chi connectivity index (χ2v) is 8.95. The van der Waals surface area contributed by atoms with Gasteiger partial charge in [-0.2, -0.15) is 0 Å². The normalized spacial score (nSPS) is 11.6. The average molecular weight is 487 g/mol. The van der Waals surface area contributed by atoms with Gasteiger partial charge in [-0.1, -0.05) is 19.9 Å². The quantitative estimate of drug-likeness (QED) is 0.422. The predicted molar refractivity (Wildman–Crippen MR) is 127 cm³/mol. The predicted octanol–water partition coefficient (Wildman–Crippen LogP) is 3.63. The molecular formula is C25H28F2N4O4. The van der Waals surface area contributed by atoms with Gasteiger partial charge in [-0.05, 0) is 38.0 Å². The Morgan fingerprint density at radius 1 is 1.17 bits per heavy atom. The Hall–Kier alpha value is -3.66. The molecule has 0 bridgehead atoms. The zero-order valence-corrected chi connectivity index (χ0v) is 20.0. The third-order valence-electron chi connectivity index (χ3n) is 5.27. The summed E-state index contributed by atoms with van der Waals surface area (Å²) in [4.78, 5) is 34.8. The van der Waals surface area contributed by atoms with Crippen molar-refractivity contribution in [2.45, 2.75) is 40.2 Å². The van der Waals surface area contributed by atoms with Gasteiger partial charge in [0.05, 0.1) is 24.0 Å². The molecule has 0 aliphatic rings. The number of nitrogens with two attached hydrogens (primary N) is 1. The number of aromatic nitrogens is 3. The van der Waals surface area contributed by atoms with Crippen LogP contribution in [0.15, 0.2) is 41.3 Å². The van der Waals surface area contributed by atoms with Crippen LogP contribution in [0.3, 0.4) is 0 Å². The van der Waals surface area contributed by atoms with Gasteiger partial charge in [-0.15, -0.1) is 0 Å². The summed E-state index contributed by atoms with van der Waals surface area (Å²) >= 11 is 0. The van der Waals surface area contributed by atoms with E-state index in [9.17, 15) is 14.0 Å². The highest BCUT2D eigenvalue weighted by atomic mass is 19.1. The van der Waals surface area contributed by atoms with Crippen LogP contribution in [0.4, 0.5) is 8.78 Å². The van der Waals surface area contributed by atoms with Crippen molar-refractivity contribution in [2.75, 3.05) is 13.2 Å². The largest absolute Gasteiger partial charge is 0.475 e. The van der Waals surface area contributed by atoms with Crippen LogP contribution in [0.25, 0.3) is 22.6 Å². The summed E-state index contributed by atoms with van der Waals surface area (Å²) in [5.74, 6) is -2.39. The summed E-state index contributed by atoms with van der Waals surface area (Å²) in [7, 11) is 0. The van der Waals surface area contributed by atoms with Gasteiger partial charge in [0.1, 0.15) is 24.1 Å². The number of pyridine rings is 1. The molecule has 0 saturated carbocycles. The van der Waals surface area contributed by atoms with Crippen LogP contribution in [0.2, 0.25) is 0 Å². The van der Waals surface area contributed by atoms with Crippen molar-refractivity contribution in [1.82, 2.24) is 15.0 Å². The number of rotatable bonds is 10. The number of amides is 1. The Bertz CT molecular complexity index is 1260. The Labute approximate surface area is 201 Å². The monoisotopic (exact) mass is 486 g/mol. The van der Waals surface area contributed by atoms with E-state index in [1.807, 2.05) is 13.8 Å². The lowest BCUT2D eigenvalue weighted by molar-refractivity contribution is -0.125. The standard InChI is InChI=1S/C25H28F2N4O4/c1-14(2)34-9-10-35-20-8-6-16(13-29-20)18-11-19(32)31-23(30-18)21-17(26)7-5-15(22(21)27)12-25(3,4)24(28)33/h5-8,11,13-14H,9-10,12H2,1-4H3,(H2,28,33)(H,30,31,32). The molecule has 3 rings (SSSR count). The fourth-order valence-electron chi connectivity index (χ4n) is 3.28. The van der Waals surface area contributed by atoms with Crippen molar-refractivity contribution in [1.29, 1.82) is 0 Å². The van der Waals surface area contributed by atoms with E-state index in [1.54, 1.807) is 26.0 Å². The molecule has 3 aromatic rings. The number of carbonyl (C=O) groups is 1. The molecule has 0 saturated heterocycles. The van der Waals surface area contributed by atoms with Gasteiger partial charge in [0.2, 0.25) is 11.8 Å². The number of primary amides is 1. The van der Waals surface area contributed by atoms with Crippen LogP contribution in [-0.2, 0) is 16.0 Å². The first-order chi connectivity index (χ1) is 16.5. The van der Waals surface area contributed by atoms with Crippen molar-refractivity contribution >= 4 is 5.91 Å². The molecule has 0 fully saturated rings. The van der Waals surface area contributed by atoms with E-state index >= 15 is 4.39 Å². The molecule has 2 aromatic heterocycles. The van der Waals surface area contributed by atoms with Crippen LogP contribution in [0, 0.1) is 17.0 Å². The molecule has 8 nitrogen and oxygen atoms in total. The van der Waals surface area contributed by atoms with E-state index in [4.69, 9.17) is 15.2 Å². The van der Waals surface area contributed by atoms with Crippen molar-refractivity contribution in [3.05, 3.63) is 64.1 Å². The third kappa shape index (κ3) is 6.48. The minimum Gasteiger partial charge on any atom is -0.475 e. The van der Waals surface area contributed by atoms with E-state index in [-0.39, 0.29) is 29.6 Å². The molecular weight excluding hydrogens is 458 g/mol. The Morgan fingerprint density at radius 3 is 2.54 bits per heavy atom. The number of carbonyl (C=O) groups excluding carboxylic acids is 1. The lowest BCUT2D eigenvalue weighted by atomic mass is 9.84. The number of nitrogens with one attached hydrogen (secondary N) is 1. The van der Waals surface area contributed by atoms with Gasteiger partial charge < -0.3 is 20.2 Å². The molecule has 0 atom stereocenters. The SMILES string of the molecule is CC(C)OCCOc1ccc(-c2cc(=O)[nH]c(-c3c(F)ccc(CC(C)(C)C(N)=O)c3F)n2)cn1. The van der Waals surface area contributed by atoms with Crippen molar-refractivity contribution in [2.24, 2.45) is 11.1 Å². The maximum atomic E-state index is 15.3. The molecule has 0 spiro atoms. The number of aromatic amines is 1. The lowest BCUT2D eigenvalue weighted by Crippen LogP contribution is -2.33. The molecule has 186 valence electrons. The van der Waals surface area contributed by atoms with E-state index in [0.717, 1.165) is 6.07 Å². The van der Waals surface area contributed by atoms with Crippen molar-refractivity contribution in [3.8, 4) is 28.5 Å². The molecule has 0 radical (unpaired) electrons. The van der Waals surface area contributed by atoms with Gasteiger partial charge in [0.15, 0.2) is 0 Å². The third-order valence-corrected chi connectivity index (χ3v) is 5.27. The highest BCUT2D eigenvalue weighted by molar-refractivity contribution is 5.80. The Morgan fingerprint density at radius 2 is 1.91 bits per heavy atom. The number of benzene rings is 1. The van der Waals surface area contributed by atoms with Crippen molar-refractivity contribution in [3.63, 3.8) is 0 Å². The van der Waals surface area contributed by atoms with Gasteiger partial charge in [0.25, 0.3) is 5.56 Å². The van der Waals surface area contributed by atoms with E-state index < -0.39 is 34.1 Å². The molecule has 3 N–H and O–H groups in total. The molecule has 1 amide bonds. The van der Waals surface area contributed by atoms with Crippen LogP contribution < -0.4 is 16.0 Å². The van der Waals surface area contributed by atoms with Gasteiger partial charge in [0, 0.05) is 29.3 Å². The van der Waals surface area contributed by atoms with Crippen LogP contribution >= 0.6 is 0 Å². The van der Waals surface area contributed by atoms with Crippen LogP contribution in [0.1, 0.15) is 33.3 Å². The molecule has 0 aliphatic heterocycles. The fraction of sp³-hybridized carbons (Fsp3) is 0.360. The molecule has 10 heteroatoms. The summed E-state index contributed by atoms with van der Waals surface area (Å²) in [5.41, 5.74) is 3.93. The first-order valence-electron chi connectivity index (χ1n) is 11.1. The number of ether oxygens (including phenoxy) is 2. The number of hydrogen-bond acceptors (Lipinski definition) is 6. The molecule has 0 aliphatic carbocycles. The first-order valence-corrected chi connectivity index (χ1v) is 11.1. The highest BCUT2D eigenvalue weighted by Gasteiger charge is 2.28. The second-order valence-electron chi connectivity index (χ2n) is 8.95. The summed E-state index contributed by atoms with van der Waals surface area (Å²) in [6.07, 6.45) is 1.48. The summed E-state index contributed by atoms with van der Waals surface area (Å²) < 4.78 is 40.9. The first kappa shape index (κ1) is 26.0. The van der Waals surface area contributed by atoms with E-state index in [2.05, 4.69) is 15.0 Å². The highest BCUT2D eigenvalue weighted by Crippen LogP contribution is 2.30. The zero-order chi connectivity index (χ0) is 25.8. The molecule has 35 heavy (non-hydrogen) atoms. The summed E-state index contributed by atoms with van der Waals surface area (Å²) in [6, 6.07) is 6.74. The Kier molecular flexibility index (Phi) is 7.96. The molecule has 2 heterocycles. The Balaban J connectivity index is 1.91. The molecule has 0 unspecified atom stereocenters. The summed E-state index contributed by atoms with van der Waals surface area (Å²) in [5, 5.41) is 0. The minimum atomic E-state index is -1.06. The zero-order valence-electron chi connectivity index (χ0n) is 20.0. The van der Waals surface area contributed by atoms with Crippen LogP contribution in [0.5, 0.6) is 5.88 Å². The number of hydrogen-bond donors (Lipinski definition) is 2. The smallest absolute Gasteiger partial charge is 0.251 e. The number of halogens is 2. The van der Waals surface area contributed by atoms with Crippen molar-refractivity contribution < 1.29 is 23.0 Å². The van der Waals surface area contributed by atoms with E-state index in [0.29, 0.717) is 24.7 Å². The second kappa shape index (κ2) is 10.7. The fourth-order valence-corrected chi connectivity index (χ4v) is 3.28. The van der Waals surface area contributed by atoms with Gasteiger partial charge in [-0.3, -0.25) is 9.59 Å². The maximum absolute atomic E-state index is 15.3. The lowest BCUT2D eigenvalue weighted by Gasteiger charge is -2.21. The number of nitrogens with zero attached hydrogens (tertiary/aromatic N) is 2. The minimum absolute atomic E-state index is 0.0566. The van der Waals surface area contributed by atoms with E-state index in [1.165, 1.54) is 18.3 Å². The average Bonchev–Trinajstić information content (AvgIpc) is 2.78. The summed E-state index contributed by atoms with van der Waals surface area (Å²) in [6.45, 7) is 7.70. The molecule has 1 aromatic carbocycles. The maximum Gasteiger partial charge on any atom is 0.251 e.